The third-order valence-electron chi connectivity index (χ3n) is 3.89. The molecule has 1 aliphatic rings. The van der Waals surface area contributed by atoms with E-state index in [1.165, 1.54) is 0 Å². The molecule has 122 valence electrons. The summed E-state index contributed by atoms with van der Waals surface area (Å²) in [5.74, 6) is -1.02. The molecular weight excluding hydrogens is 270 g/mol. The number of hydrogen-bond acceptors (Lipinski definition) is 3. The van der Waals surface area contributed by atoms with Gasteiger partial charge in [-0.25, -0.2) is 0 Å². The molecule has 0 aromatic heterocycles. The highest BCUT2D eigenvalue weighted by Gasteiger charge is 2.31. The van der Waals surface area contributed by atoms with Crippen LogP contribution in [0.4, 0.5) is 0 Å². The van der Waals surface area contributed by atoms with Crippen molar-refractivity contribution in [2.75, 3.05) is 26.3 Å². The second kappa shape index (κ2) is 7.78. The summed E-state index contributed by atoms with van der Waals surface area (Å²) in [7, 11) is 0. The third-order valence-corrected chi connectivity index (χ3v) is 3.89. The van der Waals surface area contributed by atoms with Gasteiger partial charge in [0.2, 0.25) is 5.91 Å². The SMILES string of the molecule is CC(C)CC(C)(C)C[C@H](CC(=O)N1CCOCC1)C(=O)O. The highest BCUT2D eigenvalue weighted by Crippen LogP contribution is 2.34. The molecule has 1 rings (SSSR count). The highest BCUT2D eigenvalue weighted by atomic mass is 16.5. The number of carboxylic acid groups (broad SMARTS) is 1. The number of morpholine rings is 1. The lowest BCUT2D eigenvalue weighted by atomic mass is 9.76. The number of carbonyl (C=O) groups is 2. The van der Waals surface area contributed by atoms with Crippen molar-refractivity contribution in [3.63, 3.8) is 0 Å². The molecule has 21 heavy (non-hydrogen) atoms. The minimum Gasteiger partial charge on any atom is -0.481 e. The van der Waals surface area contributed by atoms with Crippen LogP contribution >= 0.6 is 0 Å². The number of aliphatic carboxylic acids is 1. The fourth-order valence-electron chi connectivity index (χ4n) is 3.25. The van der Waals surface area contributed by atoms with E-state index in [0.29, 0.717) is 38.6 Å². The third kappa shape index (κ3) is 6.46. The molecule has 1 atom stereocenters. The van der Waals surface area contributed by atoms with E-state index in [-0.39, 0.29) is 17.7 Å². The fraction of sp³-hybridized carbons (Fsp3) is 0.875. The van der Waals surface area contributed by atoms with E-state index in [1.807, 2.05) is 0 Å². The predicted molar refractivity (Wildman–Crippen MR) is 81.0 cm³/mol. The molecule has 0 bridgehead atoms. The van der Waals surface area contributed by atoms with Gasteiger partial charge in [-0.15, -0.1) is 0 Å². The lowest BCUT2D eigenvalue weighted by molar-refractivity contribution is -0.148. The summed E-state index contributed by atoms with van der Waals surface area (Å²) in [5, 5.41) is 9.42. The van der Waals surface area contributed by atoms with Gasteiger partial charge in [0.15, 0.2) is 0 Å². The van der Waals surface area contributed by atoms with Gasteiger partial charge in [0.25, 0.3) is 0 Å². The maximum absolute atomic E-state index is 12.2. The molecule has 0 saturated carbocycles. The zero-order chi connectivity index (χ0) is 16.0. The lowest BCUT2D eigenvalue weighted by Crippen LogP contribution is -2.42. The zero-order valence-corrected chi connectivity index (χ0v) is 13.7. The molecule has 0 radical (unpaired) electrons. The quantitative estimate of drug-likeness (QED) is 0.784. The van der Waals surface area contributed by atoms with Crippen LogP contribution in [-0.2, 0) is 14.3 Å². The van der Waals surface area contributed by atoms with Crippen LogP contribution in [0.3, 0.4) is 0 Å². The van der Waals surface area contributed by atoms with E-state index in [2.05, 4.69) is 27.7 Å². The van der Waals surface area contributed by atoms with E-state index in [4.69, 9.17) is 4.74 Å². The van der Waals surface area contributed by atoms with Gasteiger partial charge in [0, 0.05) is 19.5 Å². The summed E-state index contributed by atoms with van der Waals surface area (Å²) in [5.41, 5.74) is -0.0670. The second-order valence-corrected chi connectivity index (χ2v) is 7.20. The Kier molecular flexibility index (Phi) is 6.65. The van der Waals surface area contributed by atoms with Crippen molar-refractivity contribution in [3.05, 3.63) is 0 Å². The van der Waals surface area contributed by atoms with Crippen LogP contribution in [0, 0.1) is 17.3 Å². The van der Waals surface area contributed by atoms with Gasteiger partial charge in [-0.1, -0.05) is 27.7 Å². The second-order valence-electron chi connectivity index (χ2n) is 7.20. The normalized spacial score (nSPS) is 17.9. The molecule has 1 N–H and O–H groups in total. The maximum atomic E-state index is 12.2. The molecule has 0 aromatic carbocycles. The van der Waals surface area contributed by atoms with Gasteiger partial charge in [-0.3, -0.25) is 9.59 Å². The van der Waals surface area contributed by atoms with Gasteiger partial charge in [-0.2, -0.15) is 0 Å². The summed E-state index contributed by atoms with van der Waals surface area (Å²) in [6.45, 7) is 10.7. The summed E-state index contributed by atoms with van der Waals surface area (Å²) in [6, 6.07) is 0. The van der Waals surface area contributed by atoms with Crippen LogP contribution in [-0.4, -0.2) is 48.2 Å². The number of ether oxygens (including phenoxy) is 1. The van der Waals surface area contributed by atoms with E-state index >= 15 is 0 Å². The van der Waals surface area contributed by atoms with Crippen molar-refractivity contribution in [1.82, 2.24) is 4.90 Å². The van der Waals surface area contributed by atoms with Crippen molar-refractivity contribution in [3.8, 4) is 0 Å². The average molecular weight is 299 g/mol. The monoisotopic (exact) mass is 299 g/mol. The minimum absolute atomic E-state index is 0.0638. The molecule has 1 amide bonds. The predicted octanol–water partition coefficient (Wildman–Crippen LogP) is 2.40. The minimum atomic E-state index is -0.867. The standard InChI is InChI=1S/C16H29NO4/c1-12(2)10-16(3,4)11-13(15(19)20)9-14(18)17-5-7-21-8-6-17/h12-13H,5-11H2,1-4H3,(H,19,20)/t13-/m0/s1. The first kappa shape index (κ1) is 18.0. The molecule has 0 unspecified atom stereocenters. The highest BCUT2D eigenvalue weighted by molar-refractivity contribution is 5.82. The Morgan fingerprint density at radius 3 is 2.24 bits per heavy atom. The Bertz CT molecular complexity index is 359. The molecule has 5 nitrogen and oxygen atoms in total. The van der Waals surface area contributed by atoms with Crippen LogP contribution in [0.25, 0.3) is 0 Å². The number of rotatable bonds is 7. The van der Waals surface area contributed by atoms with Gasteiger partial charge in [0.05, 0.1) is 19.1 Å². The zero-order valence-electron chi connectivity index (χ0n) is 13.7. The number of hydrogen-bond donors (Lipinski definition) is 1. The van der Waals surface area contributed by atoms with Gasteiger partial charge >= 0.3 is 5.97 Å². The molecular formula is C16H29NO4. The molecule has 1 fully saturated rings. The summed E-state index contributed by atoms with van der Waals surface area (Å²) < 4.78 is 5.22. The summed E-state index contributed by atoms with van der Waals surface area (Å²) in [4.78, 5) is 25.4. The summed E-state index contributed by atoms with van der Waals surface area (Å²) in [6.07, 6.45) is 1.59. The lowest BCUT2D eigenvalue weighted by Gasteiger charge is -2.31. The molecule has 1 heterocycles. The van der Waals surface area contributed by atoms with Gasteiger partial charge < -0.3 is 14.7 Å². The van der Waals surface area contributed by atoms with Crippen LogP contribution in [0.15, 0.2) is 0 Å². The largest absolute Gasteiger partial charge is 0.481 e. The van der Waals surface area contributed by atoms with E-state index in [9.17, 15) is 14.7 Å². The fourth-order valence-corrected chi connectivity index (χ4v) is 3.25. The van der Waals surface area contributed by atoms with Crippen molar-refractivity contribution in [2.24, 2.45) is 17.3 Å². The molecule has 5 heteroatoms. The Labute approximate surface area is 127 Å². The Morgan fingerprint density at radius 1 is 1.19 bits per heavy atom. The Balaban J connectivity index is 2.60. The van der Waals surface area contributed by atoms with Crippen molar-refractivity contribution in [1.29, 1.82) is 0 Å². The van der Waals surface area contributed by atoms with Gasteiger partial charge in [0.1, 0.15) is 0 Å². The maximum Gasteiger partial charge on any atom is 0.307 e. The van der Waals surface area contributed by atoms with Gasteiger partial charge in [-0.05, 0) is 24.2 Å². The first-order valence-electron chi connectivity index (χ1n) is 7.79. The van der Waals surface area contributed by atoms with E-state index in [0.717, 1.165) is 6.42 Å². The van der Waals surface area contributed by atoms with Crippen LogP contribution in [0.5, 0.6) is 0 Å². The molecule has 1 aliphatic heterocycles. The number of amides is 1. The summed E-state index contributed by atoms with van der Waals surface area (Å²) >= 11 is 0. The number of nitrogens with zero attached hydrogens (tertiary/aromatic N) is 1. The number of carboxylic acids is 1. The molecule has 1 saturated heterocycles. The molecule has 0 spiro atoms. The Morgan fingerprint density at radius 2 is 1.76 bits per heavy atom. The van der Waals surface area contributed by atoms with E-state index < -0.39 is 11.9 Å². The average Bonchev–Trinajstić information content (AvgIpc) is 2.36. The van der Waals surface area contributed by atoms with Crippen molar-refractivity contribution >= 4 is 11.9 Å². The van der Waals surface area contributed by atoms with E-state index in [1.54, 1.807) is 4.90 Å². The topological polar surface area (TPSA) is 66.8 Å². The van der Waals surface area contributed by atoms with Crippen molar-refractivity contribution < 1.29 is 19.4 Å². The van der Waals surface area contributed by atoms with Crippen LogP contribution in [0.1, 0.15) is 47.0 Å². The number of carbonyl (C=O) groups excluding carboxylic acids is 1. The Hall–Kier alpha value is -1.10. The first-order chi connectivity index (χ1) is 9.71. The first-order valence-corrected chi connectivity index (χ1v) is 7.79. The van der Waals surface area contributed by atoms with Crippen molar-refractivity contribution in [2.45, 2.75) is 47.0 Å². The smallest absolute Gasteiger partial charge is 0.307 e. The molecule has 0 aliphatic carbocycles. The van der Waals surface area contributed by atoms with Crippen LogP contribution in [0.2, 0.25) is 0 Å². The van der Waals surface area contributed by atoms with Crippen LogP contribution < -0.4 is 0 Å². The molecule has 0 aromatic rings.